The van der Waals surface area contributed by atoms with Crippen LogP contribution >= 0.6 is 11.3 Å². The molecule has 0 aliphatic carbocycles. The second-order valence-corrected chi connectivity index (χ2v) is 19.2. The molecule has 0 aliphatic rings. The van der Waals surface area contributed by atoms with Crippen molar-refractivity contribution in [3.63, 3.8) is 0 Å². The van der Waals surface area contributed by atoms with Gasteiger partial charge in [0.15, 0.2) is 0 Å². The van der Waals surface area contributed by atoms with Crippen molar-refractivity contribution in [3.05, 3.63) is 139 Å². The molecule has 4 aromatic carbocycles. The summed E-state index contributed by atoms with van der Waals surface area (Å²) in [5, 5.41) is 4.06. The number of thiophene rings is 1. The number of aromatic nitrogens is 2. The summed E-state index contributed by atoms with van der Waals surface area (Å²) in [5.41, 5.74) is 9.50. The maximum atomic E-state index is 4.74. The molecule has 7 aromatic rings. The predicted molar refractivity (Wildman–Crippen MR) is 206 cm³/mol. The van der Waals surface area contributed by atoms with Crippen LogP contribution in [0, 0.1) is 19.1 Å². The van der Waals surface area contributed by atoms with Crippen LogP contribution in [0.1, 0.15) is 43.7 Å². The summed E-state index contributed by atoms with van der Waals surface area (Å²) in [6.07, 6.45) is 6.31. The smallest absolute Gasteiger partial charge is 0.0798 e. The molecule has 1 radical (unpaired) electrons. The van der Waals surface area contributed by atoms with Crippen LogP contribution in [0.25, 0.3) is 53.8 Å². The molecule has 0 saturated carbocycles. The zero-order chi connectivity index (χ0) is 33.0. The second kappa shape index (κ2) is 15.7. The van der Waals surface area contributed by atoms with Crippen LogP contribution in [0.3, 0.4) is 0 Å². The Labute approximate surface area is 304 Å². The Kier molecular flexibility index (Phi) is 11.6. The second-order valence-electron chi connectivity index (χ2n) is 13.1. The van der Waals surface area contributed by atoms with Crippen LogP contribution in [0.5, 0.6) is 0 Å². The number of pyridine rings is 2. The van der Waals surface area contributed by atoms with Crippen molar-refractivity contribution in [1.82, 2.24) is 9.97 Å². The van der Waals surface area contributed by atoms with Gasteiger partial charge in [-0.3, -0.25) is 0 Å². The molecular formula is C43H42IrN2SSi-2. The van der Waals surface area contributed by atoms with Crippen LogP contribution in [0.2, 0.25) is 19.6 Å². The number of nitrogens with zero attached hydrogens (tertiary/aromatic N) is 2. The summed E-state index contributed by atoms with van der Waals surface area (Å²) in [4.78, 5) is 9.32. The van der Waals surface area contributed by atoms with Gasteiger partial charge in [-0.25, -0.2) is 0 Å². The van der Waals surface area contributed by atoms with Crippen molar-refractivity contribution < 1.29 is 20.1 Å². The molecule has 0 unspecified atom stereocenters. The molecule has 3 aromatic heterocycles. The first-order valence-electron chi connectivity index (χ1n) is 16.6. The average Bonchev–Trinajstić information content (AvgIpc) is 3.49. The zero-order valence-electron chi connectivity index (χ0n) is 28.6. The SMILES string of the molecule is CCC(CC)c1ccnc(-c2[c-]ccc3c2sc2cccc(-c4ccccc4)c23)c1.Cc1cc(-c2[c-]cccc2)ncc1[Si](C)(C)C.[Ir]. The molecule has 5 heteroatoms. The summed E-state index contributed by atoms with van der Waals surface area (Å²) < 4.78 is 2.58. The van der Waals surface area contributed by atoms with Gasteiger partial charge in [0.05, 0.1) is 8.07 Å². The minimum Gasteiger partial charge on any atom is -0.305 e. The van der Waals surface area contributed by atoms with Gasteiger partial charge in [-0.2, -0.15) is 11.3 Å². The third-order valence-corrected chi connectivity index (χ3v) is 12.3. The predicted octanol–water partition coefficient (Wildman–Crippen LogP) is 11.9. The van der Waals surface area contributed by atoms with Gasteiger partial charge in [-0.1, -0.05) is 105 Å². The van der Waals surface area contributed by atoms with Crippen LogP contribution in [-0.4, -0.2) is 18.0 Å². The van der Waals surface area contributed by atoms with Crippen LogP contribution < -0.4 is 5.19 Å². The van der Waals surface area contributed by atoms with E-state index in [2.05, 4.69) is 149 Å². The maximum absolute atomic E-state index is 4.74. The molecule has 48 heavy (non-hydrogen) atoms. The van der Waals surface area contributed by atoms with E-state index in [0.29, 0.717) is 5.92 Å². The van der Waals surface area contributed by atoms with Gasteiger partial charge in [0.1, 0.15) is 0 Å². The van der Waals surface area contributed by atoms with E-state index in [4.69, 9.17) is 4.98 Å². The number of benzene rings is 4. The molecule has 0 atom stereocenters. The van der Waals surface area contributed by atoms with Gasteiger partial charge in [0.2, 0.25) is 0 Å². The molecule has 0 bridgehead atoms. The number of fused-ring (bicyclic) bond motifs is 3. The first kappa shape index (κ1) is 35.6. The third kappa shape index (κ3) is 7.61. The largest absolute Gasteiger partial charge is 0.305 e. The van der Waals surface area contributed by atoms with Gasteiger partial charge in [0.25, 0.3) is 0 Å². The molecule has 0 amide bonds. The molecule has 0 N–H and O–H groups in total. The summed E-state index contributed by atoms with van der Waals surface area (Å²) >= 11 is 1.85. The molecule has 0 fully saturated rings. The van der Waals surface area contributed by atoms with Gasteiger partial charge in [-0.05, 0) is 75.6 Å². The first-order chi connectivity index (χ1) is 22.8. The van der Waals surface area contributed by atoms with Crippen molar-refractivity contribution in [1.29, 1.82) is 0 Å². The Morgan fingerprint density at radius 1 is 0.771 bits per heavy atom. The number of rotatable bonds is 7. The molecule has 7 rings (SSSR count). The number of hydrogen-bond acceptors (Lipinski definition) is 3. The number of aryl methyl sites for hydroxylation is 1. The van der Waals surface area contributed by atoms with Crippen LogP contribution in [0.15, 0.2) is 116 Å². The summed E-state index contributed by atoms with van der Waals surface area (Å²) in [6, 6.07) is 42.9. The molecule has 0 spiro atoms. The minimum atomic E-state index is -1.27. The molecule has 245 valence electrons. The summed E-state index contributed by atoms with van der Waals surface area (Å²) in [7, 11) is -1.27. The fourth-order valence-electron chi connectivity index (χ4n) is 6.48. The van der Waals surface area contributed by atoms with E-state index in [1.54, 1.807) is 0 Å². The fourth-order valence-corrected chi connectivity index (χ4v) is 9.42. The van der Waals surface area contributed by atoms with E-state index in [0.717, 1.165) is 35.4 Å². The van der Waals surface area contributed by atoms with Crippen molar-refractivity contribution in [2.24, 2.45) is 0 Å². The van der Waals surface area contributed by atoms with E-state index in [1.807, 2.05) is 35.7 Å². The molecule has 0 saturated heterocycles. The third-order valence-electron chi connectivity index (χ3n) is 8.94. The van der Waals surface area contributed by atoms with E-state index < -0.39 is 8.07 Å². The maximum Gasteiger partial charge on any atom is 0.0798 e. The van der Waals surface area contributed by atoms with E-state index >= 15 is 0 Å². The Hall–Kier alpha value is -3.73. The van der Waals surface area contributed by atoms with Gasteiger partial charge >= 0.3 is 0 Å². The Morgan fingerprint density at radius 2 is 1.54 bits per heavy atom. The monoisotopic (exact) mass is 839 g/mol. The first-order valence-corrected chi connectivity index (χ1v) is 20.9. The number of hydrogen-bond donors (Lipinski definition) is 0. The van der Waals surface area contributed by atoms with Crippen LogP contribution in [0.4, 0.5) is 0 Å². The van der Waals surface area contributed by atoms with Crippen molar-refractivity contribution in [2.75, 3.05) is 0 Å². The fraction of sp³-hybridized carbons (Fsp3) is 0.209. The molecule has 0 aliphatic heterocycles. The van der Waals surface area contributed by atoms with Gasteiger partial charge < -0.3 is 9.97 Å². The van der Waals surface area contributed by atoms with Gasteiger partial charge in [-0.15, -0.1) is 59.7 Å². The zero-order valence-corrected chi connectivity index (χ0v) is 32.8. The van der Waals surface area contributed by atoms with E-state index in [9.17, 15) is 0 Å². The Balaban J connectivity index is 0.000000214. The van der Waals surface area contributed by atoms with Crippen molar-refractivity contribution in [3.8, 4) is 33.6 Å². The molecule has 2 nitrogen and oxygen atoms in total. The standard InChI is InChI=1S/C28H24NS.C15H18NSi.Ir/c1-3-19(4-2)21-16-17-29-25(18-21)23-13-8-14-24-27-22(20-10-6-5-7-11-20)12-9-15-26(27)30-28(23)24;1-12-10-14(13-8-6-5-7-9-13)16-11-15(12)17(2,3)4;/h5-12,14-19H,3-4H2,1-2H3;5-8,10-11H,1-4H3;/q2*-1;. The van der Waals surface area contributed by atoms with Crippen molar-refractivity contribution in [2.45, 2.75) is 59.2 Å². The Morgan fingerprint density at radius 3 is 2.23 bits per heavy atom. The van der Waals surface area contributed by atoms with Crippen molar-refractivity contribution >= 4 is 44.8 Å². The van der Waals surface area contributed by atoms with Crippen LogP contribution in [-0.2, 0) is 20.1 Å². The summed E-state index contributed by atoms with van der Waals surface area (Å²) in [5.74, 6) is 0.582. The van der Waals surface area contributed by atoms with Gasteiger partial charge in [0, 0.05) is 37.2 Å². The van der Waals surface area contributed by atoms with E-state index in [-0.39, 0.29) is 20.1 Å². The normalized spacial score (nSPS) is 11.3. The van der Waals surface area contributed by atoms with E-state index in [1.165, 1.54) is 47.6 Å². The average molecular weight is 839 g/mol. The minimum absolute atomic E-state index is 0. The summed E-state index contributed by atoms with van der Waals surface area (Å²) in [6.45, 7) is 13.8. The molecule has 3 heterocycles. The quantitative estimate of drug-likeness (QED) is 0.118. The topological polar surface area (TPSA) is 25.8 Å². The molecular weight excluding hydrogens is 797 g/mol. The Bertz CT molecular complexity index is 2110.